The number of benzene rings is 2. The van der Waals surface area contributed by atoms with Gasteiger partial charge in [0.2, 0.25) is 5.91 Å². The van der Waals surface area contributed by atoms with Gasteiger partial charge in [-0.25, -0.2) is 0 Å². The zero-order valence-corrected chi connectivity index (χ0v) is 18.9. The lowest BCUT2D eigenvalue weighted by Gasteiger charge is -2.36. The highest BCUT2D eigenvalue weighted by molar-refractivity contribution is 5.97. The quantitative estimate of drug-likeness (QED) is 0.598. The van der Waals surface area contributed by atoms with E-state index in [0.29, 0.717) is 24.6 Å². The van der Waals surface area contributed by atoms with Crippen LogP contribution in [0.2, 0.25) is 0 Å². The maximum absolute atomic E-state index is 13.4. The van der Waals surface area contributed by atoms with Crippen molar-refractivity contribution in [3.05, 3.63) is 71.9 Å². The van der Waals surface area contributed by atoms with Crippen molar-refractivity contribution in [3.8, 4) is 17.1 Å². The summed E-state index contributed by atoms with van der Waals surface area (Å²) in [6.45, 7) is 5.99. The summed E-state index contributed by atoms with van der Waals surface area (Å²) in [6.07, 6.45) is 0. The summed E-state index contributed by atoms with van der Waals surface area (Å²) >= 11 is 0. The van der Waals surface area contributed by atoms with E-state index in [0.717, 1.165) is 30.8 Å². The van der Waals surface area contributed by atoms with E-state index < -0.39 is 11.9 Å². The Bertz CT molecular complexity index is 1090. The van der Waals surface area contributed by atoms with E-state index in [1.54, 1.807) is 19.2 Å². The molecule has 3 aromatic rings. The van der Waals surface area contributed by atoms with Crippen LogP contribution < -0.4 is 10.1 Å². The van der Waals surface area contributed by atoms with Crippen molar-refractivity contribution in [1.29, 1.82) is 0 Å². The van der Waals surface area contributed by atoms with Crippen LogP contribution in [0.3, 0.4) is 0 Å². The Hall–Kier alpha value is -3.65. The van der Waals surface area contributed by atoms with E-state index in [-0.39, 0.29) is 11.6 Å². The van der Waals surface area contributed by atoms with Crippen LogP contribution in [0.15, 0.2) is 65.2 Å². The maximum atomic E-state index is 13.4. The maximum Gasteiger partial charge on any atom is 0.274 e. The second-order valence-corrected chi connectivity index (χ2v) is 7.89. The number of likely N-dealkylation sites (N-methyl/N-ethyl adjacent to an activating group) is 1. The van der Waals surface area contributed by atoms with Crippen LogP contribution in [-0.2, 0) is 4.79 Å². The molecule has 1 fully saturated rings. The SMILES string of the molecule is CCN1CCN(C(=O)[C@H](NC(=O)c2cc(-c3cccc(OC)c3)on2)c2ccccc2)CC1. The zero-order chi connectivity index (χ0) is 23.2. The lowest BCUT2D eigenvalue weighted by Crippen LogP contribution is -2.52. The third kappa shape index (κ3) is 5.23. The number of ether oxygens (including phenoxy) is 1. The van der Waals surface area contributed by atoms with Gasteiger partial charge in [-0.15, -0.1) is 0 Å². The van der Waals surface area contributed by atoms with Gasteiger partial charge in [0.25, 0.3) is 5.91 Å². The summed E-state index contributed by atoms with van der Waals surface area (Å²) in [4.78, 5) is 30.6. The second-order valence-electron chi connectivity index (χ2n) is 7.89. The van der Waals surface area contributed by atoms with Gasteiger partial charge in [-0.3, -0.25) is 9.59 Å². The van der Waals surface area contributed by atoms with Gasteiger partial charge >= 0.3 is 0 Å². The highest BCUT2D eigenvalue weighted by atomic mass is 16.5. The molecule has 0 unspecified atom stereocenters. The number of piperazine rings is 1. The van der Waals surface area contributed by atoms with E-state index in [1.165, 1.54) is 0 Å². The van der Waals surface area contributed by atoms with Gasteiger partial charge < -0.3 is 24.4 Å². The Kier molecular flexibility index (Phi) is 7.04. The van der Waals surface area contributed by atoms with Gasteiger partial charge in [0.1, 0.15) is 11.8 Å². The molecule has 0 spiro atoms. The molecule has 1 N–H and O–H groups in total. The van der Waals surface area contributed by atoms with Crippen molar-refractivity contribution in [1.82, 2.24) is 20.3 Å². The number of hydrogen-bond acceptors (Lipinski definition) is 6. The molecule has 33 heavy (non-hydrogen) atoms. The van der Waals surface area contributed by atoms with Gasteiger partial charge in [0, 0.05) is 37.8 Å². The normalized spacial score (nSPS) is 15.2. The molecule has 4 rings (SSSR count). The summed E-state index contributed by atoms with van der Waals surface area (Å²) in [6, 6.07) is 17.3. The number of aromatic nitrogens is 1. The van der Waals surface area contributed by atoms with Crippen molar-refractivity contribution < 1.29 is 18.8 Å². The topological polar surface area (TPSA) is 87.9 Å². The number of amides is 2. The molecule has 1 aliphatic rings. The molecule has 8 heteroatoms. The smallest absolute Gasteiger partial charge is 0.274 e. The summed E-state index contributed by atoms with van der Waals surface area (Å²) in [7, 11) is 1.58. The Morgan fingerprint density at radius 2 is 1.82 bits per heavy atom. The van der Waals surface area contributed by atoms with Crippen LogP contribution >= 0.6 is 0 Å². The molecule has 0 aliphatic carbocycles. The fraction of sp³-hybridized carbons (Fsp3) is 0.320. The number of nitrogens with one attached hydrogen (secondary N) is 1. The summed E-state index contributed by atoms with van der Waals surface area (Å²) in [5, 5.41) is 6.80. The monoisotopic (exact) mass is 448 g/mol. The predicted molar refractivity (Wildman–Crippen MR) is 124 cm³/mol. The highest BCUT2D eigenvalue weighted by Crippen LogP contribution is 2.25. The molecule has 2 amide bonds. The molecule has 0 saturated carbocycles. The van der Waals surface area contributed by atoms with E-state index in [9.17, 15) is 9.59 Å². The zero-order valence-electron chi connectivity index (χ0n) is 18.9. The Morgan fingerprint density at radius 1 is 1.06 bits per heavy atom. The summed E-state index contributed by atoms with van der Waals surface area (Å²) < 4.78 is 10.6. The first-order valence-corrected chi connectivity index (χ1v) is 11.1. The Labute approximate surface area is 193 Å². The number of nitrogens with zero attached hydrogens (tertiary/aromatic N) is 3. The second kappa shape index (κ2) is 10.3. The van der Waals surface area contributed by atoms with E-state index in [1.807, 2.05) is 53.4 Å². The van der Waals surface area contributed by atoms with Crippen LogP contribution in [0.25, 0.3) is 11.3 Å². The first kappa shape index (κ1) is 22.5. The molecular formula is C25H28N4O4. The van der Waals surface area contributed by atoms with E-state index in [4.69, 9.17) is 9.26 Å². The van der Waals surface area contributed by atoms with Crippen LogP contribution in [-0.4, -0.2) is 66.6 Å². The van der Waals surface area contributed by atoms with Gasteiger partial charge in [-0.1, -0.05) is 54.5 Å². The van der Waals surface area contributed by atoms with Crippen LogP contribution in [0.5, 0.6) is 5.75 Å². The first-order chi connectivity index (χ1) is 16.1. The summed E-state index contributed by atoms with van der Waals surface area (Å²) in [5.41, 5.74) is 1.58. The minimum Gasteiger partial charge on any atom is -0.497 e. The van der Waals surface area contributed by atoms with E-state index in [2.05, 4.69) is 22.3 Å². The van der Waals surface area contributed by atoms with Crippen molar-refractivity contribution in [3.63, 3.8) is 0 Å². The minimum atomic E-state index is -0.802. The molecule has 2 heterocycles. The molecule has 0 radical (unpaired) electrons. The van der Waals surface area contributed by atoms with Gasteiger partial charge in [0.15, 0.2) is 11.5 Å². The number of carbonyl (C=O) groups is 2. The van der Waals surface area contributed by atoms with Gasteiger partial charge in [-0.2, -0.15) is 0 Å². The van der Waals surface area contributed by atoms with Crippen molar-refractivity contribution in [2.75, 3.05) is 39.8 Å². The molecule has 1 aromatic heterocycles. The predicted octanol–water partition coefficient (Wildman–Crippen LogP) is 2.99. The summed E-state index contributed by atoms with van der Waals surface area (Å²) in [5.74, 6) is 0.522. The molecular weight excluding hydrogens is 420 g/mol. The fourth-order valence-electron chi connectivity index (χ4n) is 3.90. The molecule has 1 aliphatic heterocycles. The molecule has 8 nitrogen and oxygen atoms in total. The third-order valence-electron chi connectivity index (χ3n) is 5.88. The average molecular weight is 449 g/mol. The highest BCUT2D eigenvalue weighted by Gasteiger charge is 2.30. The van der Waals surface area contributed by atoms with Crippen molar-refractivity contribution >= 4 is 11.8 Å². The molecule has 1 saturated heterocycles. The number of rotatable bonds is 7. The molecule has 0 bridgehead atoms. The van der Waals surface area contributed by atoms with Crippen molar-refractivity contribution in [2.24, 2.45) is 0 Å². The Morgan fingerprint density at radius 3 is 2.52 bits per heavy atom. The lowest BCUT2D eigenvalue weighted by atomic mass is 10.0. The van der Waals surface area contributed by atoms with Gasteiger partial charge in [0.05, 0.1) is 7.11 Å². The number of methoxy groups -OCH3 is 1. The van der Waals surface area contributed by atoms with Crippen LogP contribution in [0.1, 0.15) is 29.0 Å². The fourth-order valence-corrected chi connectivity index (χ4v) is 3.90. The lowest BCUT2D eigenvalue weighted by molar-refractivity contribution is -0.135. The third-order valence-corrected chi connectivity index (χ3v) is 5.88. The molecule has 1 atom stereocenters. The van der Waals surface area contributed by atoms with Crippen LogP contribution in [0, 0.1) is 0 Å². The minimum absolute atomic E-state index is 0.109. The van der Waals surface area contributed by atoms with E-state index >= 15 is 0 Å². The van der Waals surface area contributed by atoms with Crippen molar-refractivity contribution in [2.45, 2.75) is 13.0 Å². The largest absolute Gasteiger partial charge is 0.497 e. The van der Waals surface area contributed by atoms with Crippen LogP contribution in [0.4, 0.5) is 0 Å². The molecule has 172 valence electrons. The van der Waals surface area contributed by atoms with Gasteiger partial charge in [-0.05, 0) is 24.2 Å². The number of hydrogen-bond donors (Lipinski definition) is 1. The first-order valence-electron chi connectivity index (χ1n) is 11.1. The Balaban J connectivity index is 1.52. The molecule has 2 aromatic carbocycles. The standard InChI is InChI=1S/C25H28N4O4/c1-3-28-12-14-29(15-13-28)25(31)23(18-8-5-4-6-9-18)26-24(30)21-17-22(33-27-21)19-10-7-11-20(16-19)32-2/h4-11,16-17,23H,3,12-15H2,1-2H3,(H,26,30)/t23-/m1/s1. The number of carbonyl (C=O) groups excluding carboxylic acids is 2. The average Bonchev–Trinajstić information content (AvgIpc) is 3.38.